The lowest BCUT2D eigenvalue weighted by atomic mass is 10.1. The molecule has 0 fully saturated rings. The minimum absolute atomic E-state index is 0.0752. The van der Waals surface area contributed by atoms with Gasteiger partial charge in [0, 0.05) is 18.2 Å². The number of carbonyl (C=O) groups excluding carboxylic acids is 2. The maximum absolute atomic E-state index is 12.2. The molecule has 2 rings (SSSR count). The van der Waals surface area contributed by atoms with Crippen molar-refractivity contribution < 1.29 is 19.2 Å². The molecule has 0 saturated carbocycles. The van der Waals surface area contributed by atoms with Crippen LogP contribution in [0.15, 0.2) is 36.4 Å². The number of benzene rings is 1. The van der Waals surface area contributed by atoms with Crippen LogP contribution in [0.2, 0.25) is 0 Å². The van der Waals surface area contributed by atoms with Crippen molar-refractivity contribution in [1.82, 2.24) is 4.98 Å². The molecule has 0 aliphatic carbocycles. The van der Waals surface area contributed by atoms with Gasteiger partial charge >= 0.3 is 5.82 Å². The number of nitrogens with zero attached hydrogens (tertiary/aromatic N) is 2. The molecular formula is C17H17N3O5. The first-order valence-electron chi connectivity index (χ1n) is 7.48. The number of nitro groups is 1. The first-order valence-corrected chi connectivity index (χ1v) is 7.48. The van der Waals surface area contributed by atoms with Gasteiger partial charge in [-0.05, 0) is 60.2 Å². The van der Waals surface area contributed by atoms with Gasteiger partial charge < -0.3 is 20.2 Å². The molecule has 0 radical (unpaired) electrons. The Labute approximate surface area is 144 Å². The molecule has 25 heavy (non-hydrogen) atoms. The fourth-order valence-electron chi connectivity index (χ4n) is 2.03. The van der Waals surface area contributed by atoms with Crippen molar-refractivity contribution in [3.8, 4) is 5.75 Å². The number of anilines is 1. The highest BCUT2D eigenvalue weighted by Crippen LogP contribution is 2.25. The van der Waals surface area contributed by atoms with Crippen LogP contribution in [0.25, 0.3) is 0 Å². The second-order valence-electron chi connectivity index (χ2n) is 5.41. The number of amides is 1. The van der Waals surface area contributed by atoms with E-state index in [9.17, 15) is 19.7 Å². The fraction of sp³-hybridized carbons (Fsp3) is 0.235. The number of ketones is 1. The molecule has 8 heteroatoms. The molecule has 2 aromatic rings. The van der Waals surface area contributed by atoms with E-state index in [1.54, 1.807) is 37.3 Å². The smallest absolute Gasteiger partial charge is 0.406 e. The Morgan fingerprint density at radius 1 is 1.20 bits per heavy atom. The molecule has 1 aromatic heterocycles. The quantitative estimate of drug-likeness (QED) is 0.490. The van der Waals surface area contributed by atoms with Gasteiger partial charge in [-0.15, -0.1) is 0 Å². The molecule has 0 unspecified atom stereocenters. The Kier molecular flexibility index (Phi) is 5.43. The van der Waals surface area contributed by atoms with E-state index in [1.807, 2.05) is 0 Å². The Balaban J connectivity index is 2.08. The fourth-order valence-corrected chi connectivity index (χ4v) is 2.03. The summed E-state index contributed by atoms with van der Waals surface area (Å²) in [7, 11) is 0. The highest BCUT2D eigenvalue weighted by molar-refractivity contribution is 5.96. The molecule has 1 atom stereocenters. The molecule has 0 aliphatic heterocycles. The number of hydrogen-bond donors (Lipinski definition) is 1. The highest BCUT2D eigenvalue weighted by atomic mass is 16.6. The summed E-state index contributed by atoms with van der Waals surface area (Å²) in [6, 6.07) is 9.35. The molecule has 0 saturated heterocycles. The van der Waals surface area contributed by atoms with Crippen molar-refractivity contribution >= 4 is 23.2 Å². The van der Waals surface area contributed by atoms with Crippen molar-refractivity contribution in [2.45, 2.75) is 26.9 Å². The van der Waals surface area contributed by atoms with Crippen LogP contribution < -0.4 is 10.1 Å². The Morgan fingerprint density at radius 3 is 2.40 bits per heavy atom. The summed E-state index contributed by atoms with van der Waals surface area (Å²) in [6.45, 7) is 4.55. The second kappa shape index (κ2) is 7.52. The zero-order valence-electron chi connectivity index (χ0n) is 14.0. The summed E-state index contributed by atoms with van der Waals surface area (Å²) >= 11 is 0. The normalized spacial score (nSPS) is 11.5. The van der Waals surface area contributed by atoms with Gasteiger partial charge in [-0.3, -0.25) is 9.59 Å². The number of rotatable bonds is 6. The molecule has 1 aromatic carbocycles. The van der Waals surface area contributed by atoms with Gasteiger partial charge in [0.25, 0.3) is 5.91 Å². The molecule has 0 bridgehead atoms. The third kappa shape index (κ3) is 4.60. The summed E-state index contributed by atoms with van der Waals surface area (Å²) < 4.78 is 5.39. The summed E-state index contributed by atoms with van der Waals surface area (Å²) in [5.74, 6) is -1.07. The first kappa shape index (κ1) is 18.1. The minimum atomic E-state index is -0.976. The Bertz CT molecular complexity index is 818. The van der Waals surface area contributed by atoms with Gasteiger partial charge in [0.1, 0.15) is 5.69 Å². The Hall–Kier alpha value is -3.29. The maximum atomic E-state index is 12.2. The number of Topliss-reactive ketones (excluding diaryl/α,β-unsaturated/α-hetero) is 1. The van der Waals surface area contributed by atoms with Crippen LogP contribution in [-0.2, 0) is 4.79 Å². The van der Waals surface area contributed by atoms with Crippen LogP contribution >= 0.6 is 0 Å². The van der Waals surface area contributed by atoms with Crippen molar-refractivity contribution in [3.63, 3.8) is 0 Å². The van der Waals surface area contributed by atoms with Gasteiger partial charge in [0.05, 0.1) is 0 Å². The van der Waals surface area contributed by atoms with E-state index in [0.717, 1.165) is 0 Å². The van der Waals surface area contributed by atoms with Gasteiger partial charge in [-0.2, -0.15) is 0 Å². The standard InChI is InChI=1S/C17H17N3O5/c1-10-4-9-15(16(18-10)20(23)24)25-12(3)17(22)19-14-7-5-13(6-8-14)11(2)21/h4-9,12H,1-3H3,(H,19,22)/t12-/m0/s1. The van der Waals surface area contributed by atoms with Crippen molar-refractivity contribution in [2.24, 2.45) is 0 Å². The van der Waals surface area contributed by atoms with E-state index in [4.69, 9.17) is 4.74 Å². The largest absolute Gasteiger partial charge is 0.473 e. The zero-order chi connectivity index (χ0) is 18.6. The molecule has 1 heterocycles. The SMILES string of the molecule is CC(=O)c1ccc(NC(=O)[C@H](C)Oc2ccc(C)nc2[N+](=O)[O-])cc1. The van der Waals surface area contributed by atoms with Gasteiger partial charge in [0.15, 0.2) is 11.9 Å². The number of hydrogen-bond acceptors (Lipinski definition) is 6. The second-order valence-corrected chi connectivity index (χ2v) is 5.41. The zero-order valence-corrected chi connectivity index (χ0v) is 14.0. The monoisotopic (exact) mass is 343 g/mol. The van der Waals surface area contributed by atoms with Gasteiger partial charge in [-0.25, -0.2) is 0 Å². The van der Waals surface area contributed by atoms with E-state index >= 15 is 0 Å². The molecule has 8 nitrogen and oxygen atoms in total. The predicted molar refractivity (Wildman–Crippen MR) is 90.8 cm³/mol. The number of pyridine rings is 1. The molecule has 1 N–H and O–H groups in total. The number of aromatic nitrogens is 1. The van der Waals surface area contributed by atoms with Gasteiger partial charge in [0.2, 0.25) is 5.75 Å². The molecule has 0 spiro atoms. The number of carbonyl (C=O) groups is 2. The van der Waals surface area contributed by atoms with E-state index < -0.39 is 22.8 Å². The minimum Gasteiger partial charge on any atom is -0.473 e. The van der Waals surface area contributed by atoms with Crippen LogP contribution in [0.3, 0.4) is 0 Å². The lowest BCUT2D eigenvalue weighted by Gasteiger charge is -2.14. The average molecular weight is 343 g/mol. The lowest BCUT2D eigenvalue weighted by Crippen LogP contribution is -2.30. The van der Waals surface area contributed by atoms with Crippen LogP contribution in [0.1, 0.15) is 29.9 Å². The van der Waals surface area contributed by atoms with Crippen LogP contribution in [0.5, 0.6) is 5.75 Å². The summed E-state index contributed by atoms with van der Waals surface area (Å²) in [4.78, 5) is 37.6. The lowest BCUT2D eigenvalue weighted by molar-refractivity contribution is -0.390. The molecule has 1 amide bonds. The summed E-state index contributed by atoms with van der Waals surface area (Å²) in [5, 5.41) is 13.7. The highest BCUT2D eigenvalue weighted by Gasteiger charge is 2.23. The molecular weight excluding hydrogens is 326 g/mol. The number of ether oxygens (including phenoxy) is 1. The summed E-state index contributed by atoms with van der Waals surface area (Å²) in [6.07, 6.45) is -0.976. The van der Waals surface area contributed by atoms with E-state index in [2.05, 4.69) is 10.3 Å². The third-order valence-corrected chi connectivity index (χ3v) is 3.38. The van der Waals surface area contributed by atoms with Crippen LogP contribution in [-0.4, -0.2) is 27.7 Å². The Morgan fingerprint density at radius 2 is 1.84 bits per heavy atom. The number of nitrogens with one attached hydrogen (secondary N) is 1. The van der Waals surface area contributed by atoms with E-state index in [1.165, 1.54) is 19.9 Å². The third-order valence-electron chi connectivity index (χ3n) is 3.38. The predicted octanol–water partition coefficient (Wildman–Crippen LogP) is 2.91. The van der Waals surface area contributed by atoms with Crippen LogP contribution in [0, 0.1) is 17.0 Å². The van der Waals surface area contributed by atoms with Crippen LogP contribution in [0.4, 0.5) is 11.5 Å². The van der Waals surface area contributed by atoms with E-state index in [0.29, 0.717) is 16.9 Å². The number of aryl methyl sites for hydroxylation is 1. The molecule has 0 aliphatic rings. The average Bonchev–Trinajstić information content (AvgIpc) is 2.56. The van der Waals surface area contributed by atoms with Crippen molar-refractivity contribution in [1.29, 1.82) is 0 Å². The maximum Gasteiger partial charge on any atom is 0.406 e. The topological polar surface area (TPSA) is 111 Å². The van der Waals surface area contributed by atoms with Crippen molar-refractivity contribution in [3.05, 3.63) is 57.8 Å². The molecule has 130 valence electrons. The van der Waals surface area contributed by atoms with Gasteiger partial charge in [-0.1, -0.05) is 0 Å². The van der Waals surface area contributed by atoms with E-state index in [-0.39, 0.29) is 11.5 Å². The summed E-state index contributed by atoms with van der Waals surface area (Å²) in [5.41, 5.74) is 1.49. The first-order chi connectivity index (χ1) is 11.8. The van der Waals surface area contributed by atoms with Crippen molar-refractivity contribution in [2.75, 3.05) is 5.32 Å².